The van der Waals surface area contributed by atoms with Gasteiger partial charge in [0.2, 0.25) is 0 Å². The lowest BCUT2D eigenvalue weighted by Gasteiger charge is -2.07. The first kappa shape index (κ1) is 12.7. The highest BCUT2D eigenvalue weighted by molar-refractivity contribution is 6.05. The fourth-order valence-electron chi connectivity index (χ4n) is 1.62. The van der Waals surface area contributed by atoms with Crippen molar-refractivity contribution in [2.24, 2.45) is 0 Å². The Hall–Kier alpha value is -2.75. The van der Waals surface area contributed by atoms with Crippen LogP contribution in [0.2, 0.25) is 0 Å². The summed E-state index contributed by atoms with van der Waals surface area (Å²) in [5.41, 5.74) is 2.01. The first-order valence-corrected chi connectivity index (χ1v) is 5.73. The Kier molecular flexibility index (Phi) is 3.52. The van der Waals surface area contributed by atoms with Crippen LogP contribution in [-0.2, 0) is 6.42 Å². The normalized spacial score (nSPS) is 9.95. The minimum Gasteiger partial charge on any atom is -0.306 e. The zero-order valence-electron chi connectivity index (χ0n) is 10.6. The second kappa shape index (κ2) is 5.27. The second-order valence-electron chi connectivity index (χ2n) is 3.92. The van der Waals surface area contributed by atoms with Crippen molar-refractivity contribution < 1.29 is 4.79 Å². The number of nitrogens with zero attached hydrogens (tertiary/aromatic N) is 4. The van der Waals surface area contributed by atoms with Crippen molar-refractivity contribution in [1.82, 2.24) is 20.4 Å². The van der Waals surface area contributed by atoms with Crippen LogP contribution in [-0.4, -0.2) is 26.3 Å². The summed E-state index contributed by atoms with van der Waals surface area (Å²) < 4.78 is 0. The minimum absolute atomic E-state index is 0.281. The molecular weight excluding hydrogens is 244 g/mol. The predicted octanol–water partition coefficient (Wildman–Crippen LogP) is 1.19. The van der Waals surface area contributed by atoms with Crippen LogP contribution >= 0.6 is 0 Å². The van der Waals surface area contributed by atoms with Crippen LogP contribution in [0.4, 0.5) is 5.82 Å². The van der Waals surface area contributed by atoms with Gasteiger partial charge in [-0.25, -0.2) is 0 Å². The molecule has 0 saturated heterocycles. The Morgan fingerprint density at radius 1 is 1.53 bits per heavy atom. The zero-order chi connectivity index (χ0) is 13.8. The molecule has 2 rings (SSSR count). The number of anilines is 1. The van der Waals surface area contributed by atoms with Crippen LogP contribution in [0.25, 0.3) is 0 Å². The van der Waals surface area contributed by atoms with Crippen LogP contribution in [0.1, 0.15) is 34.2 Å². The van der Waals surface area contributed by atoms with Gasteiger partial charge in [0.05, 0.1) is 23.1 Å². The molecule has 0 atom stereocenters. The maximum atomic E-state index is 12.2. The smallest absolute Gasteiger partial charge is 0.258 e. The van der Waals surface area contributed by atoms with Crippen LogP contribution in [0.5, 0.6) is 0 Å². The van der Waals surface area contributed by atoms with Gasteiger partial charge in [0.15, 0.2) is 0 Å². The highest BCUT2D eigenvalue weighted by Gasteiger charge is 2.15. The predicted molar refractivity (Wildman–Crippen MR) is 67.4 cm³/mol. The molecule has 19 heavy (non-hydrogen) atoms. The third kappa shape index (κ3) is 2.57. The minimum atomic E-state index is -0.337. The number of nitrogens with one attached hydrogen (secondary N) is 2. The lowest BCUT2D eigenvalue weighted by molar-refractivity contribution is 0.102. The first-order chi connectivity index (χ1) is 9.15. The van der Waals surface area contributed by atoms with Gasteiger partial charge in [0.25, 0.3) is 5.91 Å². The van der Waals surface area contributed by atoms with E-state index in [9.17, 15) is 4.79 Å². The molecule has 7 nitrogen and oxygen atoms in total. The van der Waals surface area contributed by atoms with Crippen LogP contribution in [0.15, 0.2) is 12.3 Å². The van der Waals surface area contributed by atoms with Gasteiger partial charge in [0, 0.05) is 0 Å². The number of hydrogen-bond donors (Lipinski definition) is 2. The average Bonchev–Trinajstić information content (AvgIpc) is 2.85. The topological polar surface area (TPSA) is 107 Å². The van der Waals surface area contributed by atoms with Gasteiger partial charge < -0.3 is 5.32 Å². The highest BCUT2D eigenvalue weighted by atomic mass is 16.1. The van der Waals surface area contributed by atoms with E-state index in [0.717, 1.165) is 0 Å². The zero-order valence-corrected chi connectivity index (χ0v) is 10.6. The summed E-state index contributed by atoms with van der Waals surface area (Å²) in [6.45, 7) is 3.66. The molecule has 96 valence electrons. The fraction of sp³-hybridized carbons (Fsp3) is 0.250. The molecule has 2 aromatic heterocycles. The number of aromatic nitrogens is 4. The molecule has 0 aliphatic rings. The molecule has 0 fully saturated rings. The number of carbonyl (C=O) groups excluding carboxylic acids is 1. The van der Waals surface area contributed by atoms with E-state index in [1.807, 2.05) is 13.0 Å². The Morgan fingerprint density at radius 3 is 3.00 bits per heavy atom. The number of hydrogen-bond acceptors (Lipinski definition) is 5. The van der Waals surface area contributed by atoms with Crippen molar-refractivity contribution in [1.29, 1.82) is 5.26 Å². The summed E-state index contributed by atoms with van der Waals surface area (Å²) in [6, 6.07) is 3.61. The maximum absolute atomic E-state index is 12.2. The molecule has 0 unspecified atom stereocenters. The van der Waals surface area contributed by atoms with Crippen LogP contribution in [0, 0.1) is 18.3 Å². The van der Waals surface area contributed by atoms with E-state index in [1.165, 1.54) is 6.20 Å². The quantitative estimate of drug-likeness (QED) is 0.857. The standard InChI is InChI=1S/C12H12N6O/c1-3-10-9(4-7(2)16-17-10)12(19)15-11-8(5-13)6-14-18-11/h4,6H,3H2,1-2H3,(H2,14,15,18,19). The number of aryl methyl sites for hydroxylation is 2. The van der Waals surface area contributed by atoms with E-state index >= 15 is 0 Å². The third-order valence-electron chi connectivity index (χ3n) is 2.57. The molecule has 0 aliphatic heterocycles. The van der Waals surface area contributed by atoms with Gasteiger partial charge >= 0.3 is 0 Å². The van der Waals surface area contributed by atoms with Crippen molar-refractivity contribution in [2.75, 3.05) is 5.32 Å². The van der Waals surface area contributed by atoms with Crippen LogP contribution in [0.3, 0.4) is 0 Å². The summed E-state index contributed by atoms with van der Waals surface area (Å²) in [4.78, 5) is 12.2. The Bertz CT molecular complexity index is 654. The van der Waals surface area contributed by atoms with Crippen molar-refractivity contribution in [3.8, 4) is 6.07 Å². The summed E-state index contributed by atoms with van der Waals surface area (Å²) in [5.74, 6) is -0.0559. The number of aromatic amines is 1. The molecule has 0 aromatic carbocycles. The Morgan fingerprint density at radius 2 is 2.32 bits per heavy atom. The molecule has 7 heteroatoms. The number of rotatable bonds is 3. The van der Waals surface area contributed by atoms with E-state index in [0.29, 0.717) is 23.4 Å². The Balaban J connectivity index is 2.30. The van der Waals surface area contributed by atoms with E-state index in [-0.39, 0.29) is 17.3 Å². The number of nitriles is 1. The fourth-order valence-corrected chi connectivity index (χ4v) is 1.62. The molecule has 2 aromatic rings. The number of amides is 1. The average molecular weight is 256 g/mol. The van der Waals surface area contributed by atoms with Gasteiger partial charge in [-0.15, -0.1) is 0 Å². The Labute approximate surface area is 109 Å². The van der Waals surface area contributed by atoms with E-state index < -0.39 is 0 Å². The molecule has 0 saturated carbocycles. The summed E-state index contributed by atoms with van der Waals surface area (Å²) in [6.07, 6.45) is 1.95. The number of H-pyrrole nitrogens is 1. The SMILES string of the molecule is CCc1nnc(C)cc1C(=O)Nc1[nH]ncc1C#N. The molecule has 1 amide bonds. The molecule has 2 N–H and O–H groups in total. The van der Waals surface area contributed by atoms with Gasteiger partial charge in [-0.3, -0.25) is 9.89 Å². The van der Waals surface area contributed by atoms with Crippen molar-refractivity contribution in [3.63, 3.8) is 0 Å². The van der Waals surface area contributed by atoms with E-state index in [4.69, 9.17) is 5.26 Å². The second-order valence-corrected chi connectivity index (χ2v) is 3.92. The lowest BCUT2D eigenvalue weighted by atomic mass is 10.1. The number of carbonyl (C=O) groups is 1. The molecule has 0 spiro atoms. The van der Waals surface area contributed by atoms with E-state index in [2.05, 4.69) is 25.7 Å². The van der Waals surface area contributed by atoms with E-state index in [1.54, 1.807) is 13.0 Å². The molecule has 0 aliphatic carbocycles. The largest absolute Gasteiger partial charge is 0.306 e. The van der Waals surface area contributed by atoms with Crippen molar-refractivity contribution in [2.45, 2.75) is 20.3 Å². The molecule has 0 bridgehead atoms. The summed E-state index contributed by atoms with van der Waals surface area (Å²) >= 11 is 0. The molecular formula is C12H12N6O. The third-order valence-corrected chi connectivity index (χ3v) is 2.57. The van der Waals surface area contributed by atoms with Crippen molar-refractivity contribution in [3.05, 3.63) is 34.8 Å². The van der Waals surface area contributed by atoms with Crippen molar-refractivity contribution >= 4 is 11.7 Å². The lowest BCUT2D eigenvalue weighted by Crippen LogP contribution is -2.17. The molecule has 0 radical (unpaired) electrons. The maximum Gasteiger partial charge on any atom is 0.258 e. The summed E-state index contributed by atoms with van der Waals surface area (Å²) in [7, 11) is 0. The first-order valence-electron chi connectivity index (χ1n) is 5.73. The van der Waals surface area contributed by atoms with Gasteiger partial charge in [-0.05, 0) is 19.4 Å². The van der Waals surface area contributed by atoms with Crippen LogP contribution < -0.4 is 5.32 Å². The van der Waals surface area contributed by atoms with Gasteiger partial charge in [-0.2, -0.15) is 20.6 Å². The van der Waals surface area contributed by atoms with Gasteiger partial charge in [0.1, 0.15) is 17.5 Å². The molecule has 2 heterocycles. The highest BCUT2D eigenvalue weighted by Crippen LogP contribution is 2.13. The monoisotopic (exact) mass is 256 g/mol. The summed E-state index contributed by atoms with van der Waals surface area (Å²) in [5, 5.41) is 25.7. The van der Waals surface area contributed by atoms with Gasteiger partial charge in [-0.1, -0.05) is 6.92 Å².